The van der Waals surface area contributed by atoms with Crippen LogP contribution in [-0.2, 0) is 7.05 Å². The molecule has 7 nitrogen and oxygen atoms in total. The number of benzene rings is 1. The summed E-state index contributed by atoms with van der Waals surface area (Å²) in [7, 11) is 1.61. The maximum Gasteiger partial charge on any atom is 0.294 e. The van der Waals surface area contributed by atoms with E-state index in [1.807, 2.05) is 6.92 Å². The molecule has 0 radical (unpaired) electrons. The van der Waals surface area contributed by atoms with Crippen molar-refractivity contribution in [3.63, 3.8) is 0 Å². The van der Waals surface area contributed by atoms with Crippen LogP contribution in [0.25, 0.3) is 22.3 Å². The third kappa shape index (κ3) is 3.22. The summed E-state index contributed by atoms with van der Waals surface area (Å²) in [5.41, 5.74) is 2.28. The Hall–Kier alpha value is -3.62. The number of nitrogens with one attached hydrogen (secondary N) is 2. The van der Waals surface area contributed by atoms with Crippen molar-refractivity contribution in [2.24, 2.45) is 7.05 Å². The Kier molecular flexibility index (Phi) is 4.34. The quantitative estimate of drug-likeness (QED) is 0.561. The molecule has 142 valence electrons. The molecule has 0 aliphatic rings. The first kappa shape index (κ1) is 17.8. The molecular weight excluding hydrogens is 366 g/mol. The Morgan fingerprint density at radius 2 is 2.04 bits per heavy atom. The minimum Gasteiger partial charge on any atom is -0.339 e. The van der Waals surface area contributed by atoms with Crippen LogP contribution in [-0.4, -0.2) is 30.6 Å². The van der Waals surface area contributed by atoms with Gasteiger partial charge < -0.3 is 10.3 Å². The van der Waals surface area contributed by atoms with Crippen LogP contribution in [0.3, 0.4) is 0 Å². The summed E-state index contributed by atoms with van der Waals surface area (Å²) >= 11 is 0. The van der Waals surface area contributed by atoms with Gasteiger partial charge >= 0.3 is 0 Å². The number of carbonyl (C=O) groups excluding carboxylic acids is 1. The van der Waals surface area contributed by atoms with E-state index in [1.54, 1.807) is 37.4 Å². The number of hydrogen-bond acceptors (Lipinski definition) is 4. The third-order valence-electron chi connectivity index (χ3n) is 4.37. The zero-order valence-electron chi connectivity index (χ0n) is 15.1. The first-order chi connectivity index (χ1) is 13.4. The van der Waals surface area contributed by atoms with Gasteiger partial charge in [-0.3, -0.25) is 4.79 Å². The zero-order valence-corrected chi connectivity index (χ0v) is 15.1. The molecule has 4 rings (SSSR count). The van der Waals surface area contributed by atoms with Gasteiger partial charge in [0.2, 0.25) is 5.82 Å². The molecule has 0 saturated carbocycles. The van der Waals surface area contributed by atoms with Crippen molar-refractivity contribution in [1.82, 2.24) is 24.7 Å². The maximum absolute atomic E-state index is 13.4. The molecule has 2 N–H and O–H groups in total. The van der Waals surface area contributed by atoms with Crippen LogP contribution in [0.15, 0.2) is 42.7 Å². The molecule has 0 unspecified atom stereocenters. The van der Waals surface area contributed by atoms with E-state index in [9.17, 15) is 13.6 Å². The number of carbonyl (C=O) groups is 1. The van der Waals surface area contributed by atoms with E-state index in [-0.39, 0.29) is 11.4 Å². The van der Waals surface area contributed by atoms with Crippen LogP contribution in [0.5, 0.6) is 0 Å². The van der Waals surface area contributed by atoms with Gasteiger partial charge in [-0.1, -0.05) is 17.7 Å². The van der Waals surface area contributed by atoms with Crippen LogP contribution in [0.2, 0.25) is 0 Å². The molecule has 1 aromatic carbocycles. The van der Waals surface area contributed by atoms with Crippen molar-refractivity contribution in [3.8, 4) is 11.3 Å². The standard InChI is InChI=1S/C19H16F2N6O/c1-10-3-5-12(16(20)21)13(7-10)14-8-11-4-6-15(25-17(11)24-14)26-19(28)18-22-9-23-27(18)2/h3-9,16H,1-2H3,(H2,24,25,26,28). The molecule has 0 aliphatic heterocycles. The Morgan fingerprint density at radius 1 is 1.21 bits per heavy atom. The van der Waals surface area contributed by atoms with E-state index in [2.05, 4.69) is 25.4 Å². The number of rotatable bonds is 4. The predicted octanol–water partition coefficient (Wildman–Crippen LogP) is 3.86. The molecule has 4 aromatic rings. The number of anilines is 1. The van der Waals surface area contributed by atoms with Crippen molar-refractivity contribution >= 4 is 22.8 Å². The smallest absolute Gasteiger partial charge is 0.294 e. The minimum atomic E-state index is -2.59. The lowest BCUT2D eigenvalue weighted by atomic mass is 10.0. The molecule has 9 heteroatoms. The van der Waals surface area contributed by atoms with Crippen LogP contribution in [0, 0.1) is 6.92 Å². The first-order valence-corrected chi connectivity index (χ1v) is 8.46. The van der Waals surface area contributed by atoms with Gasteiger partial charge in [-0.2, -0.15) is 5.10 Å². The van der Waals surface area contributed by atoms with Crippen molar-refractivity contribution in [3.05, 3.63) is 59.7 Å². The number of pyridine rings is 1. The second-order valence-electron chi connectivity index (χ2n) is 6.37. The molecule has 3 heterocycles. The lowest BCUT2D eigenvalue weighted by Crippen LogP contribution is -2.18. The average molecular weight is 382 g/mol. The Morgan fingerprint density at radius 3 is 2.75 bits per heavy atom. The summed E-state index contributed by atoms with van der Waals surface area (Å²) in [5.74, 6) is 0.0138. The van der Waals surface area contributed by atoms with Crippen LogP contribution in [0.4, 0.5) is 14.6 Å². The molecule has 0 saturated heterocycles. The Balaban J connectivity index is 1.69. The molecule has 0 aliphatic carbocycles. The van der Waals surface area contributed by atoms with Gasteiger partial charge in [0, 0.05) is 29.3 Å². The highest BCUT2D eigenvalue weighted by molar-refractivity contribution is 6.01. The van der Waals surface area contributed by atoms with Gasteiger partial charge in [-0.05, 0) is 31.2 Å². The van der Waals surface area contributed by atoms with Gasteiger partial charge in [0.15, 0.2) is 0 Å². The number of aromatic nitrogens is 5. The van der Waals surface area contributed by atoms with Crippen LogP contribution < -0.4 is 5.32 Å². The lowest BCUT2D eigenvalue weighted by molar-refractivity contribution is 0.101. The maximum atomic E-state index is 13.4. The Bertz CT molecular complexity index is 1180. The average Bonchev–Trinajstić information content (AvgIpc) is 3.27. The van der Waals surface area contributed by atoms with E-state index in [0.717, 1.165) is 10.9 Å². The van der Waals surface area contributed by atoms with Crippen molar-refractivity contribution in [2.75, 3.05) is 5.32 Å². The summed E-state index contributed by atoms with van der Waals surface area (Å²) in [4.78, 5) is 23.6. The number of amides is 1. The number of aromatic amines is 1. The second-order valence-corrected chi connectivity index (χ2v) is 6.37. The number of H-pyrrole nitrogens is 1. The fraction of sp³-hybridized carbons (Fsp3) is 0.158. The SMILES string of the molecule is Cc1ccc(C(F)F)c(-c2cc3ccc(NC(=O)c4ncnn4C)nc3[nH]2)c1. The molecular formula is C19H16F2N6O. The van der Waals surface area contributed by atoms with Crippen LogP contribution >= 0.6 is 0 Å². The van der Waals surface area contributed by atoms with Crippen LogP contribution in [0.1, 0.15) is 28.2 Å². The van der Waals surface area contributed by atoms with Gasteiger partial charge in [-0.15, -0.1) is 0 Å². The zero-order chi connectivity index (χ0) is 19.8. The summed E-state index contributed by atoms with van der Waals surface area (Å²) in [5, 5.41) is 7.25. The van der Waals surface area contributed by atoms with E-state index < -0.39 is 12.3 Å². The third-order valence-corrected chi connectivity index (χ3v) is 4.37. The number of fused-ring (bicyclic) bond motifs is 1. The second kappa shape index (κ2) is 6.84. The molecule has 0 bridgehead atoms. The molecule has 0 spiro atoms. The van der Waals surface area contributed by atoms with E-state index in [1.165, 1.54) is 17.1 Å². The van der Waals surface area contributed by atoms with E-state index >= 15 is 0 Å². The Labute approximate surface area is 158 Å². The topological polar surface area (TPSA) is 88.5 Å². The minimum absolute atomic E-state index is 0.0482. The summed E-state index contributed by atoms with van der Waals surface area (Å²) in [6.45, 7) is 1.85. The molecule has 0 atom stereocenters. The van der Waals surface area contributed by atoms with Gasteiger partial charge in [-0.25, -0.2) is 23.4 Å². The number of halogens is 2. The fourth-order valence-electron chi connectivity index (χ4n) is 2.99. The largest absolute Gasteiger partial charge is 0.339 e. The van der Waals surface area contributed by atoms with E-state index in [4.69, 9.17) is 0 Å². The molecule has 1 amide bonds. The van der Waals surface area contributed by atoms with Crippen molar-refractivity contribution < 1.29 is 13.6 Å². The normalized spacial score (nSPS) is 11.3. The summed E-state index contributed by atoms with van der Waals surface area (Å²) in [6, 6.07) is 9.96. The lowest BCUT2D eigenvalue weighted by Gasteiger charge is -2.08. The highest BCUT2D eigenvalue weighted by Gasteiger charge is 2.17. The van der Waals surface area contributed by atoms with Gasteiger partial charge in [0.1, 0.15) is 17.8 Å². The van der Waals surface area contributed by atoms with Crippen molar-refractivity contribution in [1.29, 1.82) is 0 Å². The molecule has 3 aromatic heterocycles. The molecule has 0 fully saturated rings. The molecule has 28 heavy (non-hydrogen) atoms. The van der Waals surface area contributed by atoms with Crippen molar-refractivity contribution in [2.45, 2.75) is 13.3 Å². The highest BCUT2D eigenvalue weighted by Crippen LogP contribution is 2.33. The summed E-state index contributed by atoms with van der Waals surface area (Å²) < 4.78 is 28.1. The number of aryl methyl sites for hydroxylation is 2. The van der Waals surface area contributed by atoms with Gasteiger partial charge in [0.25, 0.3) is 12.3 Å². The number of hydrogen-bond donors (Lipinski definition) is 2. The van der Waals surface area contributed by atoms with Gasteiger partial charge in [0.05, 0.1) is 0 Å². The predicted molar refractivity (Wildman–Crippen MR) is 100 cm³/mol. The number of nitrogens with zero attached hydrogens (tertiary/aromatic N) is 4. The number of alkyl halides is 2. The highest BCUT2D eigenvalue weighted by atomic mass is 19.3. The fourth-order valence-corrected chi connectivity index (χ4v) is 2.99. The monoisotopic (exact) mass is 382 g/mol. The summed E-state index contributed by atoms with van der Waals surface area (Å²) in [6.07, 6.45) is -1.30. The first-order valence-electron chi connectivity index (χ1n) is 8.46. The van der Waals surface area contributed by atoms with E-state index in [0.29, 0.717) is 22.7 Å².